The summed E-state index contributed by atoms with van der Waals surface area (Å²) in [4.78, 5) is 31.0. The van der Waals surface area contributed by atoms with E-state index in [-0.39, 0.29) is 11.8 Å². The predicted octanol–water partition coefficient (Wildman–Crippen LogP) is 7.09. The quantitative estimate of drug-likeness (QED) is 0.306. The molecular weight excluding hydrogens is 575 g/mol. The number of aromatic nitrogens is 1. The molecule has 7 heteroatoms. The Hall–Kier alpha value is -2.19. The Morgan fingerprint density at radius 3 is 2.49 bits per heavy atom. The van der Waals surface area contributed by atoms with Crippen LogP contribution in [-0.4, -0.2) is 27.5 Å². The maximum Gasteiger partial charge on any atom is 0.309 e. The zero-order chi connectivity index (χ0) is 24.8. The van der Waals surface area contributed by atoms with E-state index in [1.165, 1.54) is 0 Å². The molecule has 3 aliphatic rings. The first kappa shape index (κ1) is 24.5. The molecule has 6 rings (SSSR count). The summed E-state index contributed by atoms with van der Waals surface area (Å²) < 4.78 is 0.997. The molecule has 3 aliphatic carbocycles. The van der Waals surface area contributed by atoms with Gasteiger partial charge in [0.1, 0.15) is 0 Å². The van der Waals surface area contributed by atoms with Crippen LogP contribution in [0.15, 0.2) is 48.5 Å². The molecule has 3 saturated carbocycles. The topological polar surface area (TPSA) is 79.3 Å². The van der Waals surface area contributed by atoms with Crippen molar-refractivity contribution in [2.24, 2.45) is 11.3 Å². The van der Waals surface area contributed by atoms with E-state index in [9.17, 15) is 14.7 Å². The summed E-state index contributed by atoms with van der Waals surface area (Å²) in [6, 6.07) is 15.5. The Morgan fingerprint density at radius 1 is 1.11 bits per heavy atom. The standard InChI is InChI=1S/C28H28ClIN2O3/c1-2-18-10-11-27(12-14-28(18,15-13-27)26(34)35)32-25(33)22-20-16-19(30)8-9-21(20)31-24(23(22)29)17-6-4-3-5-7-17/h3-9,16,18H,2,10-15H2,1H3,(H,32,33)(H,34,35). The number of carbonyl (C=O) groups excluding carboxylic acids is 1. The number of halogens is 2. The molecule has 2 N–H and O–H groups in total. The average molecular weight is 603 g/mol. The first-order valence-electron chi connectivity index (χ1n) is 12.2. The summed E-state index contributed by atoms with van der Waals surface area (Å²) >= 11 is 9.16. The highest BCUT2D eigenvalue weighted by molar-refractivity contribution is 14.1. The number of carboxylic acids is 1. The number of rotatable bonds is 5. The molecule has 35 heavy (non-hydrogen) atoms. The highest BCUT2D eigenvalue weighted by Gasteiger charge is 2.54. The van der Waals surface area contributed by atoms with E-state index in [0.717, 1.165) is 39.3 Å². The SMILES string of the molecule is CCC1CCC2(NC(=O)c3c(Cl)c(-c4ccccc4)nc4ccc(I)cc34)CCC1(C(=O)O)CC2. The lowest BCUT2D eigenvalue weighted by Crippen LogP contribution is -2.52. The van der Waals surface area contributed by atoms with Gasteiger partial charge in [-0.25, -0.2) is 4.98 Å². The molecule has 0 aliphatic heterocycles. The third-order valence-corrected chi connectivity index (χ3v) is 9.35. The fourth-order valence-corrected chi connectivity index (χ4v) is 7.09. The van der Waals surface area contributed by atoms with E-state index in [1.54, 1.807) is 0 Å². The predicted molar refractivity (Wildman–Crippen MR) is 147 cm³/mol. The number of benzene rings is 2. The van der Waals surface area contributed by atoms with Crippen LogP contribution in [0.4, 0.5) is 0 Å². The van der Waals surface area contributed by atoms with Gasteiger partial charge in [-0.3, -0.25) is 9.59 Å². The lowest BCUT2D eigenvalue weighted by Gasteiger charge is -2.43. The highest BCUT2D eigenvalue weighted by atomic mass is 127. The van der Waals surface area contributed by atoms with E-state index in [1.807, 2.05) is 48.5 Å². The minimum Gasteiger partial charge on any atom is -0.481 e. The van der Waals surface area contributed by atoms with E-state index < -0.39 is 16.9 Å². The number of fused-ring (bicyclic) bond motifs is 5. The molecule has 0 spiro atoms. The van der Waals surface area contributed by atoms with Crippen molar-refractivity contribution < 1.29 is 14.7 Å². The van der Waals surface area contributed by atoms with Crippen molar-refractivity contribution in [3.63, 3.8) is 0 Å². The minimum absolute atomic E-state index is 0.137. The van der Waals surface area contributed by atoms with Crippen LogP contribution in [0.1, 0.15) is 62.2 Å². The second-order valence-corrected chi connectivity index (χ2v) is 11.6. The van der Waals surface area contributed by atoms with Crippen molar-refractivity contribution in [2.45, 2.75) is 57.4 Å². The van der Waals surface area contributed by atoms with Gasteiger partial charge in [0.05, 0.1) is 27.2 Å². The summed E-state index contributed by atoms with van der Waals surface area (Å²) in [5.41, 5.74) is 1.52. The van der Waals surface area contributed by atoms with Crippen molar-refractivity contribution in [1.82, 2.24) is 10.3 Å². The first-order valence-corrected chi connectivity index (χ1v) is 13.6. The molecule has 2 aromatic carbocycles. The molecule has 3 aromatic rings. The van der Waals surface area contributed by atoms with Gasteiger partial charge in [-0.15, -0.1) is 0 Å². The van der Waals surface area contributed by atoms with Gasteiger partial charge in [0.2, 0.25) is 0 Å². The minimum atomic E-state index is -0.684. The van der Waals surface area contributed by atoms with Crippen molar-refractivity contribution in [1.29, 1.82) is 0 Å². The molecule has 0 saturated heterocycles. The van der Waals surface area contributed by atoms with Gasteiger partial charge in [0.15, 0.2) is 0 Å². The number of nitrogens with one attached hydrogen (secondary N) is 1. The Balaban J connectivity index is 1.56. The van der Waals surface area contributed by atoms with Gasteiger partial charge in [0.25, 0.3) is 5.91 Å². The Kier molecular flexibility index (Phi) is 6.55. The van der Waals surface area contributed by atoms with Crippen molar-refractivity contribution in [3.8, 4) is 11.3 Å². The Bertz CT molecular complexity index is 1300. The fraction of sp³-hybridized carbons (Fsp3) is 0.393. The first-order chi connectivity index (χ1) is 16.8. The second-order valence-electron chi connectivity index (χ2n) is 10.0. The van der Waals surface area contributed by atoms with E-state index >= 15 is 0 Å². The lowest BCUT2D eigenvalue weighted by molar-refractivity contribution is -0.155. The van der Waals surface area contributed by atoms with Crippen LogP contribution in [-0.2, 0) is 4.79 Å². The molecule has 5 nitrogen and oxygen atoms in total. The summed E-state index contributed by atoms with van der Waals surface area (Å²) in [5.74, 6) is -0.756. The van der Waals surface area contributed by atoms with Crippen molar-refractivity contribution >= 4 is 57.0 Å². The molecule has 1 amide bonds. The van der Waals surface area contributed by atoms with Crippen molar-refractivity contribution in [3.05, 3.63) is 62.7 Å². The Labute approximate surface area is 223 Å². The van der Waals surface area contributed by atoms with Gasteiger partial charge >= 0.3 is 5.97 Å². The van der Waals surface area contributed by atoms with Crippen LogP contribution in [0.5, 0.6) is 0 Å². The van der Waals surface area contributed by atoms with Gasteiger partial charge in [-0.2, -0.15) is 0 Å². The molecular formula is C28H28ClIN2O3. The van der Waals surface area contributed by atoms with Gasteiger partial charge in [-0.05, 0) is 85.2 Å². The second kappa shape index (κ2) is 9.36. The Morgan fingerprint density at radius 2 is 1.83 bits per heavy atom. The van der Waals surface area contributed by atoms with E-state index in [4.69, 9.17) is 16.6 Å². The summed E-state index contributed by atoms with van der Waals surface area (Å²) in [7, 11) is 0. The fourth-order valence-electron chi connectivity index (χ4n) is 6.26. The maximum absolute atomic E-state index is 14.0. The molecule has 1 atom stereocenters. The zero-order valence-electron chi connectivity index (χ0n) is 19.6. The number of hydrogen-bond donors (Lipinski definition) is 2. The highest BCUT2D eigenvalue weighted by Crippen LogP contribution is 2.54. The van der Waals surface area contributed by atoms with Crippen LogP contribution < -0.4 is 5.32 Å². The third kappa shape index (κ3) is 4.22. The average Bonchev–Trinajstić information content (AvgIpc) is 3.11. The van der Waals surface area contributed by atoms with E-state index in [0.29, 0.717) is 42.0 Å². The van der Waals surface area contributed by atoms with Gasteiger partial charge in [0, 0.05) is 20.1 Å². The molecule has 2 bridgehead atoms. The number of nitrogens with zero attached hydrogens (tertiary/aromatic N) is 1. The van der Waals surface area contributed by atoms with Crippen LogP contribution in [0.2, 0.25) is 5.02 Å². The maximum atomic E-state index is 14.0. The number of carboxylic acid groups (broad SMARTS) is 1. The van der Waals surface area contributed by atoms with Gasteiger partial charge < -0.3 is 10.4 Å². The van der Waals surface area contributed by atoms with Crippen LogP contribution in [0.25, 0.3) is 22.2 Å². The summed E-state index contributed by atoms with van der Waals surface area (Å²) in [5, 5.41) is 14.5. The normalized spacial score (nSPS) is 25.9. The van der Waals surface area contributed by atoms with E-state index in [2.05, 4.69) is 34.8 Å². The van der Waals surface area contributed by atoms with Crippen LogP contribution in [0.3, 0.4) is 0 Å². The zero-order valence-corrected chi connectivity index (χ0v) is 22.5. The number of aliphatic carboxylic acids is 1. The molecule has 3 fully saturated rings. The largest absolute Gasteiger partial charge is 0.481 e. The van der Waals surface area contributed by atoms with Crippen molar-refractivity contribution in [2.75, 3.05) is 0 Å². The molecule has 1 heterocycles. The summed E-state index contributed by atoms with van der Waals surface area (Å²) in [6.07, 6.45) is 4.97. The number of hydrogen-bond acceptors (Lipinski definition) is 3. The number of amides is 1. The molecule has 182 valence electrons. The molecule has 1 unspecified atom stereocenters. The number of pyridine rings is 1. The molecule has 0 radical (unpaired) electrons. The molecule has 1 aromatic heterocycles. The van der Waals surface area contributed by atoms with Crippen LogP contribution >= 0.6 is 34.2 Å². The smallest absolute Gasteiger partial charge is 0.309 e. The van der Waals surface area contributed by atoms with Gasteiger partial charge in [-0.1, -0.05) is 55.3 Å². The summed E-state index contributed by atoms with van der Waals surface area (Å²) in [6.45, 7) is 2.08. The van der Waals surface area contributed by atoms with Crippen LogP contribution in [0, 0.1) is 14.9 Å². The monoisotopic (exact) mass is 602 g/mol. The third-order valence-electron chi connectivity index (χ3n) is 8.31. The number of carbonyl (C=O) groups is 2. The lowest BCUT2D eigenvalue weighted by atomic mass is 9.64.